The molecule has 3 aliphatic heterocycles. The monoisotopic (exact) mass is 423 g/mol. The van der Waals surface area contributed by atoms with Gasteiger partial charge in [0.25, 0.3) is 5.91 Å². The summed E-state index contributed by atoms with van der Waals surface area (Å²) in [6.07, 6.45) is 2.76. The third-order valence-electron chi connectivity index (χ3n) is 6.27. The summed E-state index contributed by atoms with van der Waals surface area (Å²) in [5, 5.41) is 13.6. The molecule has 4 heterocycles. The van der Waals surface area contributed by atoms with Gasteiger partial charge in [0.05, 0.1) is 6.04 Å². The summed E-state index contributed by atoms with van der Waals surface area (Å²) < 4.78 is 1.74. The van der Waals surface area contributed by atoms with Crippen LogP contribution in [0.15, 0.2) is 18.2 Å². The lowest BCUT2D eigenvalue weighted by Gasteiger charge is -2.29. The second-order valence-corrected chi connectivity index (χ2v) is 8.26. The number of anilines is 1. The van der Waals surface area contributed by atoms with Crippen LogP contribution in [0.1, 0.15) is 59.0 Å². The van der Waals surface area contributed by atoms with Gasteiger partial charge in [-0.3, -0.25) is 19.7 Å². The molecule has 0 bridgehead atoms. The van der Waals surface area contributed by atoms with Crippen molar-refractivity contribution >= 4 is 23.7 Å². The van der Waals surface area contributed by atoms with E-state index < -0.39 is 11.9 Å². The minimum atomic E-state index is -0.612. The van der Waals surface area contributed by atoms with Crippen molar-refractivity contribution in [3.63, 3.8) is 0 Å². The van der Waals surface area contributed by atoms with Crippen molar-refractivity contribution < 1.29 is 14.4 Å². The zero-order valence-corrected chi connectivity index (χ0v) is 17.4. The Labute approximate surface area is 179 Å². The Kier molecular flexibility index (Phi) is 4.93. The SMILES string of the molecule is Cn1nc([C@H]2CCCN2)nc1NCc1cccc2c1CN(C1CCC(=O)NC1=O)C2=O. The molecule has 3 amide bonds. The molecule has 5 rings (SSSR count). The second-order valence-electron chi connectivity index (χ2n) is 8.26. The maximum absolute atomic E-state index is 13.0. The van der Waals surface area contributed by atoms with Gasteiger partial charge in [0.1, 0.15) is 6.04 Å². The van der Waals surface area contributed by atoms with Crippen LogP contribution in [0.4, 0.5) is 5.95 Å². The number of hydrogen-bond acceptors (Lipinski definition) is 7. The summed E-state index contributed by atoms with van der Waals surface area (Å²) in [4.78, 5) is 42.9. The van der Waals surface area contributed by atoms with Gasteiger partial charge in [0.15, 0.2) is 5.82 Å². The third kappa shape index (κ3) is 3.56. The third-order valence-corrected chi connectivity index (χ3v) is 6.27. The highest BCUT2D eigenvalue weighted by atomic mass is 16.2. The highest BCUT2D eigenvalue weighted by Crippen LogP contribution is 2.30. The Morgan fingerprint density at radius 2 is 2.10 bits per heavy atom. The number of aryl methyl sites for hydroxylation is 1. The van der Waals surface area contributed by atoms with E-state index in [1.807, 2.05) is 19.2 Å². The van der Waals surface area contributed by atoms with Crippen molar-refractivity contribution in [3.8, 4) is 0 Å². The van der Waals surface area contributed by atoms with E-state index in [0.717, 1.165) is 36.3 Å². The minimum Gasteiger partial charge on any atom is -0.350 e. The van der Waals surface area contributed by atoms with Crippen molar-refractivity contribution in [1.82, 2.24) is 30.3 Å². The fourth-order valence-corrected chi connectivity index (χ4v) is 4.60. The van der Waals surface area contributed by atoms with Crippen LogP contribution in [-0.4, -0.2) is 50.0 Å². The number of benzene rings is 1. The van der Waals surface area contributed by atoms with Crippen LogP contribution in [0.5, 0.6) is 0 Å². The quantitative estimate of drug-likeness (QED) is 0.603. The standard InChI is InChI=1S/C21H25N7O3/c1-27-21(25-18(26-27)15-6-3-9-22-15)23-10-12-4-2-5-13-14(12)11-28(20(13)31)16-7-8-17(29)24-19(16)30/h2,4-5,15-16,22H,3,6-11H2,1H3,(H,23,25,26)(H,24,29,30)/t15-,16?/m1/s1. The molecule has 0 saturated carbocycles. The van der Waals surface area contributed by atoms with Crippen LogP contribution in [-0.2, 0) is 29.7 Å². The smallest absolute Gasteiger partial charge is 0.255 e. The Morgan fingerprint density at radius 3 is 2.87 bits per heavy atom. The number of carbonyl (C=O) groups excluding carboxylic acids is 3. The van der Waals surface area contributed by atoms with Gasteiger partial charge in [-0.1, -0.05) is 12.1 Å². The van der Waals surface area contributed by atoms with Crippen LogP contribution in [0.3, 0.4) is 0 Å². The van der Waals surface area contributed by atoms with Gasteiger partial charge in [0.2, 0.25) is 17.8 Å². The maximum Gasteiger partial charge on any atom is 0.255 e. The maximum atomic E-state index is 13.0. The summed E-state index contributed by atoms with van der Waals surface area (Å²) in [6, 6.07) is 5.20. The summed E-state index contributed by atoms with van der Waals surface area (Å²) in [6.45, 7) is 1.83. The fraction of sp³-hybridized carbons (Fsp3) is 0.476. The largest absolute Gasteiger partial charge is 0.350 e. The molecule has 1 aromatic carbocycles. The average molecular weight is 423 g/mol. The lowest BCUT2D eigenvalue weighted by Crippen LogP contribution is -2.52. The first-order valence-electron chi connectivity index (χ1n) is 10.6. The first-order chi connectivity index (χ1) is 15.0. The summed E-state index contributed by atoms with van der Waals surface area (Å²) in [5.41, 5.74) is 2.49. The van der Waals surface area contributed by atoms with Crippen molar-refractivity contribution in [2.24, 2.45) is 7.05 Å². The molecule has 3 N–H and O–H groups in total. The summed E-state index contributed by atoms with van der Waals surface area (Å²) >= 11 is 0. The number of rotatable bonds is 5. The molecule has 2 saturated heterocycles. The van der Waals surface area contributed by atoms with E-state index in [2.05, 4.69) is 26.0 Å². The van der Waals surface area contributed by atoms with Gasteiger partial charge in [-0.2, -0.15) is 10.1 Å². The lowest BCUT2D eigenvalue weighted by atomic mass is 10.0. The molecule has 0 spiro atoms. The Bertz CT molecular complexity index is 1060. The first-order valence-corrected chi connectivity index (χ1v) is 10.6. The molecule has 1 aromatic heterocycles. The molecule has 0 radical (unpaired) electrons. The van der Waals surface area contributed by atoms with E-state index >= 15 is 0 Å². The number of nitrogens with one attached hydrogen (secondary N) is 3. The summed E-state index contributed by atoms with van der Waals surface area (Å²) in [7, 11) is 1.86. The van der Waals surface area contributed by atoms with Gasteiger partial charge < -0.3 is 15.5 Å². The zero-order valence-electron chi connectivity index (χ0n) is 17.4. The molecule has 31 heavy (non-hydrogen) atoms. The van der Waals surface area contributed by atoms with Gasteiger partial charge in [-0.25, -0.2) is 4.68 Å². The van der Waals surface area contributed by atoms with Crippen LogP contribution in [0.25, 0.3) is 0 Å². The molecule has 1 unspecified atom stereocenters. The van der Waals surface area contributed by atoms with Gasteiger partial charge in [0, 0.05) is 32.1 Å². The van der Waals surface area contributed by atoms with Crippen molar-refractivity contribution in [2.75, 3.05) is 11.9 Å². The van der Waals surface area contributed by atoms with E-state index in [4.69, 9.17) is 0 Å². The molecule has 2 aromatic rings. The minimum absolute atomic E-state index is 0.167. The lowest BCUT2D eigenvalue weighted by molar-refractivity contribution is -0.136. The number of carbonyl (C=O) groups is 3. The Hall–Kier alpha value is -3.27. The van der Waals surface area contributed by atoms with Crippen molar-refractivity contribution in [3.05, 3.63) is 40.7 Å². The summed E-state index contributed by atoms with van der Waals surface area (Å²) in [5.74, 6) is 0.614. The zero-order chi connectivity index (χ0) is 21.5. The van der Waals surface area contributed by atoms with E-state index in [0.29, 0.717) is 31.0 Å². The van der Waals surface area contributed by atoms with E-state index in [1.165, 1.54) is 0 Å². The van der Waals surface area contributed by atoms with Crippen molar-refractivity contribution in [1.29, 1.82) is 0 Å². The van der Waals surface area contributed by atoms with Crippen molar-refractivity contribution in [2.45, 2.75) is 50.9 Å². The molecule has 162 valence electrons. The Balaban J connectivity index is 1.32. The molecule has 3 aliphatic rings. The molecular weight excluding hydrogens is 398 g/mol. The number of nitrogens with zero attached hydrogens (tertiary/aromatic N) is 4. The molecule has 10 nitrogen and oxygen atoms in total. The predicted molar refractivity (Wildman–Crippen MR) is 111 cm³/mol. The topological polar surface area (TPSA) is 121 Å². The van der Waals surface area contributed by atoms with Crippen LogP contribution >= 0.6 is 0 Å². The Morgan fingerprint density at radius 1 is 1.23 bits per heavy atom. The fourth-order valence-electron chi connectivity index (χ4n) is 4.60. The van der Waals surface area contributed by atoms with E-state index in [9.17, 15) is 14.4 Å². The van der Waals surface area contributed by atoms with Crippen LogP contribution in [0.2, 0.25) is 0 Å². The normalized spacial score (nSPS) is 23.3. The number of fused-ring (bicyclic) bond motifs is 1. The number of hydrogen-bond donors (Lipinski definition) is 3. The number of piperidine rings is 1. The molecule has 10 heteroatoms. The molecule has 0 aliphatic carbocycles. The highest BCUT2D eigenvalue weighted by Gasteiger charge is 2.39. The molecule has 2 atom stereocenters. The number of aromatic nitrogens is 3. The van der Waals surface area contributed by atoms with Crippen LogP contribution < -0.4 is 16.0 Å². The second kappa shape index (κ2) is 7.77. The molecule has 2 fully saturated rings. The first kappa shape index (κ1) is 19.7. The number of amides is 3. The van der Waals surface area contributed by atoms with Gasteiger partial charge in [-0.05, 0) is 43.0 Å². The molecular formula is C21H25N7O3. The van der Waals surface area contributed by atoms with E-state index in [-0.39, 0.29) is 24.3 Å². The average Bonchev–Trinajstić information content (AvgIpc) is 3.47. The predicted octanol–water partition coefficient (Wildman–Crippen LogP) is 0.613. The van der Waals surface area contributed by atoms with E-state index in [1.54, 1.807) is 15.6 Å². The van der Waals surface area contributed by atoms with Gasteiger partial charge in [-0.15, -0.1) is 0 Å². The highest BCUT2D eigenvalue weighted by molar-refractivity contribution is 6.05. The number of imide groups is 1. The van der Waals surface area contributed by atoms with Crippen LogP contribution in [0, 0.1) is 0 Å². The van der Waals surface area contributed by atoms with Gasteiger partial charge >= 0.3 is 0 Å².